The Hall–Kier alpha value is -3.15. The highest BCUT2D eigenvalue weighted by molar-refractivity contribution is 7.90. The summed E-state index contributed by atoms with van der Waals surface area (Å²) >= 11 is 0. The monoisotopic (exact) mass is 525 g/mol. The number of hydrogen-bond donors (Lipinski definition) is 0. The molecule has 0 unspecified atom stereocenters. The topological polar surface area (TPSA) is 83.3 Å². The second kappa shape index (κ2) is 8.71. The van der Waals surface area contributed by atoms with Crippen LogP contribution in [-0.2, 0) is 19.3 Å². The Labute approximate surface area is 214 Å². The maximum atomic E-state index is 13.6. The molecule has 11 heteroatoms. The van der Waals surface area contributed by atoms with E-state index in [1.165, 1.54) is 36.8 Å². The third-order valence-corrected chi connectivity index (χ3v) is 8.72. The minimum absolute atomic E-state index is 0.0846. The molecule has 0 saturated carbocycles. The van der Waals surface area contributed by atoms with Crippen LogP contribution in [0.2, 0.25) is 0 Å². The summed E-state index contributed by atoms with van der Waals surface area (Å²) in [6.07, 6.45) is 1.43. The van der Waals surface area contributed by atoms with E-state index in [2.05, 4.69) is 9.97 Å². The van der Waals surface area contributed by atoms with E-state index >= 15 is 0 Å². The van der Waals surface area contributed by atoms with E-state index in [0.29, 0.717) is 22.0 Å². The number of hydrogen-bond acceptors (Lipinski definition) is 6. The molecular weight excluding hydrogens is 499 g/mol. The molecule has 0 aliphatic carbocycles. The van der Waals surface area contributed by atoms with Gasteiger partial charge in [0.15, 0.2) is 5.65 Å². The van der Waals surface area contributed by atoms with Gasteiger partial charge >= 0.3 is 7.12 Å². The molecule has 37 heavy (non-hydrogen) atoms. The lowest BCUT2D eigenvalue weighted by Gasteiger charge is -2.32. The zero-order valence-corrected chi connectivity index (χ0v) is 21.9. The number of aromatic nitrogens is 3. The molecule has 1 saturated heterocycles. The van der Waals surface area contributed by atoms with E-state index < -0.39 is 40.5 Å². The van der Waals surface area contributed by atoms with Crippen LogP contribution in [0.3, 0.4) is 0 Å². The van der Waals surface area contributed by atoms with Crippen molar-refractivity contribution in [1.82, 2.24) is 13.9 Å². The van der Waals surface area contributed by atoms with Gasteiger partial charge < -0.3 is 9.31 Å². The van der Waals surface area contributed by atoms with Crippen molar-refractivity contribution in [2.45, 2.75) is 57.1 Å². The molecule has 1 aromatic carbocycles. The SMILES string of the molecule is Cc1ccc(S(=O)(=O)n2cc(-c3ccnc(C(F)F)c3)c3cc(B4OC(C)(C)C(C)(C)O4)cnc32)cc1. The smallest absolute Gasteiger partial charge is 0.399 e. The van der Waals surface area contributed by atoms with Crippen LogP contribution in [0.25, 0.3) is 22.2 Å². The van der Waals surface area contributed by atoms with Crippen molar-refractivity contribution >= 4 is 33.6 Å². The molecule has 1 aliphatic rings. The van der Waals surface area contributed by atoms with Gasteiger partial charge in [-0.05, 0) is 70.5 Å². The van der Waals surface area contributed by atoms with Crippen LogP contribution in [0.1, 0.15) is 45.4 Å². The van der Waals surface area contributed by atoms with Crippen LogP contribution in [0.5, 0.6) is 0 Å². The van der Waals surface area contributed by atoms with Crippen molar-refractivity contribution in [3.8, 4) is 11.1 Å². The summed E-state index contributed by atoms with van der Waals surface area (Å²) < 4.78 is 67.5. The first-order valence-corrected chi connectivity index (χ1v) is 13.2. The highest BCUT2D eigenvalue weighted by Gasteiger charge is 2.52. The minimum Gasteiger partial charge on any atom is -0.399 e. The van der Waals surface area contributed by atoms with Crippen molar-refractivity contribution in [1.29, 1.82) is 0 Å². The molecule has 192 valence electrons. The molecule has 0 spiro atoms. The second-order valence-corrected chi connectivity index (χ2v) is 12.0. The molecule has 7 nitrogen and oxygen atoms in total. The maximum Gasteiger partial charge on any atom is 0.496 e. The Bertz CT molecular complexity index is 1590. The summed E-state index contributed by atoms with van der Waals surface area (Å²) in [5, 5.41) is 0.453. The van der Waals surface area contributed by atoms with Crippen LogP contribution < -0.4 is 5.46 Å². The van der Waals surface area contributed by atoms with Gasteiger partial charge in [-0.25, -0.2) is 26.2 Å². The van der Waals surface area contributed by atoms with Crippen LogP contribution in [0, 0.1) is 6.92 Å². The lowest BCUT2D eigenvalue weighted by molar-refractivity contribution is 0.00578. The Kier molecular flexibility index (Phi) is 6.01. The van der Waals surface area contributed by atoms with Gasteiger partial charge in [0.2, 0.25) is 0 Å². The van der Waals surface area contributed by atoms with E-state index in [1.807, 2.05) is 34.6 Å². The largest absolute Gasteiger partial charge is 0.496 e. The summed E-state index contributed by atoms with van der Waals surface area (Å²) in [5.74, 6) is 0. The first-order valence-electron chi connectivity index (χ1n) is 11.7. The highest BCUT2D eigenvalue weighted by atomic mass is 32.2. The van der Waals surface area contributed by atoms with Gasteiger partial charge in [0.05, 0.1) is 16.1 Å². The second-order valence-electron chi connectivity index (χ2n) is 10.2. The van der Waals surface area contributed by atoms with Crippen molar-refractivity contribution in [2.75, 3.05) is 0 Å². The molecule has 0 radical (unpaired) electrons. The van der Waals surface area contributed by atoms with E-state index in [4.69, 9.17) is 9.31 Å². The molecule has 0 bridgehead atoms. The Morgan fingerprint density at radius 3 is 2.24 bits per heavy atom. The molecule has 5 rings (SSSR count). The fourth-order valence-electron chi connectivity index (χ4n) is 4.18. The Morgan fingerprint density at radius 1 is 0.973 bits per heavy atom. The van der Waals surface area contributed by atoms with Gasteiger partial charge in [0, 0.05) is 35.0 Å². The van der Waals surface area contributed by atoms with E-state index in [9.17, 15) is 17.2 Å². The first kappa shape index (κ1) is 25.5. The maximum absolute atomic E-state index is 13.6. The molecule has 0 N–H and O–H groups in total. The quantitative estimate of drug-likeness (QED) is 0.346. The lowest BCUT2D eigenvalue weighted by atomic mass is 9.79. The molecule has 0 atom stereocenters. The van der Waals surface area contributed by atoms with Crippen LogP contribution in [0.15, 0.2) is 66.0 Å². The highest BCUT2D eigenvalue weighted by Crippen LogP contribution is 2.37. The van der Waals surface area contributed by atoms with E-state index in [0.717, 1.165) is 9.54 Å². The van der Waals surface area contributed by atoms with Crippen molar-refractivity contribution in [2.24, 2.45) is 0 Å². The zero-order chi connectivity index (χ0) is 26.8. The molecular formula is C26H26BF2N3O4S. The van der Waals surface area contributed by atoms with Crippen LogP contribution in [-0.4, -0.2) is 40.7 Å². The number of halogens is 2. The van der Waals surface area contributed by atoms with Gasteiger partial charge in [0.25, 0.3) is 16.4 Å². The summed E-state index contributed by atoms with van der Waals surface area (Å²) in [4.78, 5) is 8.32. The van der Waals surface area contributed by atoms with Gasteiger partial charge in [-0.2, -0.15) is 0 Å². The summed E-state index contributed by atoms with van der Waals surface area (Å²) in [7, 11) is -4.77. The fourth-order valence-corrected chi connectivity index (χ4v) is 5.50. The fraction of sp³-hybridized carbons (Fsp3) is 0.308. The molecule has 4 aromatic rings. The summed E-state index contributed by atoms with van der Waals surface area (Å²) in [6, 6.07) is 11.0. The number of alkyl halides is 2. The van der Waals surface area contributed by atoms with E-state index in [1.54, 1.807) is 24.3 Å². The van der Waals surface area contributed by atoms with Crippen molar-refractivity contribution in [3.63, 3.8) is 0 Å². The third-order valence-electron chi connectivity index (χ3n) is 7.05. The first-order chi connectivity index (χ1) is 17.3. The normalized spacial score (nSPS) is 17.1. The molecule has 1 aliphatic heterocycles. The number of fused-ring (bicyclic) bond motifs is 1. The standard InChI is InChI=1S/C26H26BF2N3O4S/c1-16-6-8-19(9-7-16)37(33,34)32-15-21(17-10-11-30-22(12-17)23(28)29)20-13-18(14-31-24(20)32)27-35-25(2,3)26(4,5)36-27/h6-15,23H,1-5H3. The number of pyridine rings is 2. The molecule has 1 fully saturated rings. The number of aryl methyl sites for hydroxylation is 1. The van der Waals surface area contributed by atoms with Gasteiger partial charge in [-0.3, -0.25) is 4.98 Å². The van der Waals surface area contributed by atoms with Crippen LogP contribution >= 0.6 is 0 Å². The van der Waals surface area contributed by atoms with Gasteiger partial charge in [0.1, 0.15) is 5.69 Å². The third kappa shape index (κ3) is 4.34. The number of nitrogens with zero attached hydrogens (tertiary/aromatic N) is 3. The predicted molar refractivity (Wildman–Crippen MR) is 137 cm³/mol. The zero-order valence-electron chi connectivity index (χ0n) is 21.1. The minimum atomic E-state index is -4.04. The Balaban J connectivity index is 1.72. The molecule has 0 amide bonds. The van der Waals surface area contributed by atoms with Gasteiger partial charge in [-0.1, -0.05) is 17.7 Å². The summed E-state index contributed by atoms with van der Waals surface area (Å²) in [5.41, 5.74) is 0.878. The number of rotatable bonds is 5. The van der Waals surface area contributed by atoms with Crippen molar-refractivity contribution < 1.29 is 26.5 Å². The number of benzene rings is 1. The summed E-state index contributed by atoms with van der Waals surface area (Å²) in [6.45, 7) is 9.58. The Morgan fingerprint density at radius 2 is 1.62 bits per heavy atom. The molecule has 3 aromatic heterocycles. The van der Waals surface area contributed by atoms with E-state index in [-0.39, 0.29) is 10.5 Å². The average molecular weight is 525 g/mol. The predicted octanol–water partition coefficient (Wildman–Crippen LogP) is 4.88. The average Bonchev–Trinajstić information content (AvgIpc) is 3.33. The van der Waals surface area contributed by atoms with Crippen LogP contribution in [0.4, 0.5) is 8.78 Å². The lowest BCUT2D eigenvalue weighted by Crippen LogP contribution is -2.41. The van der Waals surface area contributed by atoms with Gasteiger partial charge in [-0.15, -0.1) is 0 Å². The molecule has 4 heterocycles. The van der Waals surface area contributed by atoms with Crippen molar-refractivity contribution in [3.05, 3.63) is 72.3 Å².